The highest BCUT2D eigenvalue weighted by Crippen LogP contribution is 2.40. The first-order chi connectivity index (χ1) is 23.4. The Labute approximate surface area is 286 Å². The predicted molar refractivity (Wildman–Crippen MR) is 185 cm³/mol. The Morgan fingerprint density at radius 1 is 0.875 bits per heavy atom. The number of nitrogens with zero attached hydrogens (tertiary/aromatic N) is 1. The fourth-order valence-electron chi connectivity index (χ4n) is 5.59. The van der Waals surface area contributed by atoms with Crippen molar-refractivity contribution in [2.75, 3.05) is 12.3 Å². The SMILES string of the molecule is CC(=O)NCCCCCC(=O)NCc1cccc(-c2cccc([C@H]3O[C@@H](CSc4cccc[n+]4[O-])C[C@@H](c4ccc(CO)cc4)O3)c2)c1. The number of aromatic nitrogens is 1. The number of aliphatic hydroxyl groups is 1. The number of thioether (sulfide) groups is 1. The number of ether oxygens (including phenoxy) is 2. The molecule has 0 unspecified atom stereocenters. The minimum absolute atomic E-state index is 0.0131. The van der Waals surface area contributed by atoms with Crippen LogP contribution in [-0.4, -0.2) is 35.3 Å². The van der Waals surface area contributed by atoms with Gasteiger partial charge in [-0.2, -0.15) is 4.73 Å². The van der Waals surface area contributed by atoms with E-state index in [9.17, 15) is 19.9 Å². The number of benzene rings is 3. The van der Waals surface area contributed by atoms with E-state index in [1.165, 1.54) is 24.9 Å². The Bertz CT molecular complexity index is 1650. The maximum absolute atomic E-state index is 12.4. The van der Waals surface area contributed by atoms with Crippen LogP contribution in [0.5, 0.6) is 0 Å². The zero-order chi connectivity index (χ0) is 33.7. The summed E-state index contributed by atoms with van der Waals surface area (Å²) in [6.45, 7) is 2.56. The van der Waals surface area contributed by atoms with Gasteiger partial charge in [0.15, 0.2) is 12.5 Å². The molecule has 48 heavy (non-hydrogen) atoms. The topological polar surface area (TPSA) is 124 Å². The third-order valence-electron chi connectivity index (χ3n) is 8.18. The molecule has 3 aromatic carbocycles. The molecule has 0 spiro atoms. The first-order valence-corrected chi connectivity index (χ1v) is 17.4. The quantitative estimate of drug-likeness (QED) is 0.0602. The van der Waals surface area contributed by atoms with E-state index in [1.807, 2.05) is 66.7 Å². The minimum Gasteiger partial charge on any atom is -0.618 e. The number of nitrogens with one attached hydrogen (secondary N) is 2. The molecule has 1 aliphatic rings. The molecular formula is C38H43N3O6S. The summed E-state index contributed by atoms with van der Waals surface area (Å²) in [6.07, 6.45) is 4.07. The lowest BCUT2D eigenvalue weighted by Crippen LogP contribution is -2.32. The second-order valence-corrected chi connectivity index (χ2v) is 13.0. The molecule has 10 heteroatoms. The predicted octanol–water partition coefficient (Wildman–Crippen LogP) is 6.13. The fourth-order valence-corrected chi connectivity index (χ4v) is 6.53. The molecule has 4 aromatic rings. The number of amides is 2. The van der Waals surface area contributed by atoms with Gasteiger partial charge in [0.05, 0.1) is 18.8 Å². The lowest BCUT2D eigenvalue weighted by molar-refractivity contribution is -0.645. The van der Waals surface area contributed by atoms with Crippen LogP contribution in [0.3, 0.4) is 0 Å². The molecule has 1 fully saturated rings. The number of pyridine rings is 1. The van der Waals surface area contributed by atoms with Crippen LogP contribution in [-0.2, 0) is 32.2 Å². The minimum atomic E-state index is -0.623. The summed E-state index contributed by atoms with van der Waals surface area (Å²) in [5, 5.41) is 28.2. The molecule has 3 N–H and O–H groups in total. The van der Waals surface area contributed by atoms with Crippen LogP contribution in [0.15, 0.2) is 102 Å². The van der Waals surface area contributed by atoms with Crippen LogP contribution >= 0.6 is 11.8 Å². The van der Waals surface area contributed by atoms with Gasteiger partial charge >= 0.3 is 0 Å². The third kappa shape index (κ3) is 10.4. The van der Waals surface area contributed by atoms with Gasteiger partial charge in [0.25, 0.3) is 5.03 Å². The normalized spacial score (nSPS) is 17.5. The molecule has 0 bridgehead atoms. The van der Waals surface area contributed by atoms with Crippen LogP contribution in [0.25, 0.3) is 11.1 Å². The number of carbonyl (C=O) groups excluding carboxylic acids is 2. The van der Waals surface area contributed by atoms with E-state index >= 15 is 0 Å². The largest absolute Gasteiger partial charge is 0.618 e. The molecule has 1 aliphatic heterocycles. The highest BCUT2D eigenvalue weighted by Gasteiger charge is 2.33. The van der Waals surface area contributed by atoms with Crippen LogP contribution in [0.2, 0.25) is 0 Å². The number of carbonyl (C=O) groups is 2. The van der Waals surface area contributed by atoms with E-state index in [1.54, 1.807) is 12.1 Å². The highest BCUT2D eigenvalue weighted by atomic mass is 32.2. The Hall–Kier alpha value is -4.22. The molecular weight excluding hydrogens is 627 g/mol. The molecule has 2 heterocycles. The number of hydrogen-bond donors (Lipinski definition) is 3. The van der Waals surface area contributed by atoms with Crippen molar-refractivity contribution in [2.45, 2.75) is 75.7 Å². The lowest BCUT2D eigenvalue weighted by Gasteiger charge is -2.36. The Morgan fingerprint density at radius 2 is 1.67 bits per heavy atom. The van der Waals surface area contributed by atoms with Crippen molar-refractivity contribution in [1.29, 1.82) is 0 Å². The number of hydrogen-bond acceptors (Lipinski definition) is 7. The number of rotatable bonds is 15. The second-order valence-electron chi connectivity index (χ2n) is 11.9. The van der Waals surface area contributed by atoms with E-state index in [4.69, 9.17) is 9.47 Å². The summed E-state index contributed by atoms with van der Waals surface area (Å²) in [4.78, 5) is 23.4. The summed E-state index contributed by atoms with van der Waals surface area (Å²) in [5.41, 5.74) is 5.75. The van der Waals surface area contributed by atoms with Crippen LogP contribution in [0.1, 0.15) is 73.7 Å². The van der Waals surface area contributed by atoms with E-state index in [2.05, 4.69) is 22.8 Å². The van der Waals surface area contributed by atoms with Gasteiger partial charge in [-0.25, -0.2) is 0 Å². The molecule has 2 amide bonds. The maximum Gasteiger partial charge on any atom is 0.251 e. The molecule has 1 saturated heterocycles. The van der Waals surface area contributed by atoms with Crippen molar-refractivity contribution < 1.29 is 28.9 Å². The zero-order valence-electron chi connectivity index (χ0n) is 27.2. The molecule has 252 valence electrons. The number of unbranched alkanes of at least 4 members (excludes halogenated alkanes) is 2. The van der Waals surface area contributed by atoms with Crippen molar-refractivity contribution in [2.24, 2.45) is 0 Å². The summed E-state index contributed by atoms with van der Waals surface area (Å²) in [5.74, 6) is 0.566. The average Bonchev–Trinajstić information content (AvgIpc) is 3.12. The average molecular weight is 670 g/mol. The van der Waals surface area contributed by atoms with Gasteiger partial charge in [-0.05, 0) is 58.9 Å². The van der Waals surface area contributed by atoms with Gasteiger partial charge in [0, 0.05) is 56.3 Å². The summed E-state index contributed by atoms with van der Waals surface area (Å²) in [7, 11) is 0. The van der Waals surface area contributed by atoms with Crippen LogP contribution in [0.4, 0.5) is 0 Å². The van der Waals surface area contributed by atoms with Crippen LogP contribution in [0, 0.1) is 5.21 Å². The maximum atomic E-state index is 12.4. The van der Waals surface area contributed by atoms with Gasteiger partial charge in [0.2, 0.25) is 11.8 Å². The van der Waals surface area contributed by atoms with E-state index < -0.39 is 6.29 Å². The van der Waals surface area contributed by atoms with E-state index in [0.29, 0.717) is 36.7 Å². The van der Waals surface area contributed by atoms with Gasteiger partial charge in [-0.1, -0.05) is 78.8 Å². The summed E-state index contributed by atoms with van der Waals surface area (Å²) in [6, 6.07) is 29.4. The lowest BCUT2D eigenvalue weighted by atomic mass is 9.99. The van der Waals surface area contributed by atoms with Crippen molar-refractivity contribution in [3.8, 4) is 11.1 Å². The van der Waals surface area contributed by atoms with Gasteiger partial charge < -0.3 is 30.4 Å². The van der Waals surface area contributed by atoms with Crippen molar-refractivity contribution in [3.63, 3.8) is 0 Å². The molecule has 0 radical (unpaired) electrons. The molecule has 3 atom stereocenters. The monoisotopic (exact) mass is 669 g/mol. The Balaban J connectivity index is 1.24. The molecule has 0 aliphatic carbocycles. The highest BCUT2D eigenvalue weighted by molar-refractivity contribution is 7.99. The molecule has 1 aromatic heterocycles. The first-order valence-electron chi connectivity index (χ1n) is 16.4. The van der Waals surface area contributed by atoms with Crippen molar-refractivity contribution in [1.82, 2.24) is 10.6 Å². The second kappa shape index (κ2) is 17.8. The van der Waals surface area contributed by atoms with Crippen LogP contribution < -0.4 is 15.4 Å². The third-order valence-corrected chi connectivity index (χ3v) is 9.33. The first kappa shape index (κ1) is 35.1. The Kier molecular flexibility index (Phi) is 13.0. The van der Waals surface area contributed by atoms with Gasteiger partial charge in [0.1, 0.15) is 0 Å². The molecule has 5 rings (SSSR count). The summed E-state index contributed by atoms with van der Waals surface area (Å²) >= 11 is 1.46. The zero-order valence-corrected chi connectivity index (χ0v) is 28.0. The van der Waals surface area contributed by atoms with Gasteiger partial charge in [-0.15, -0.1) is 0 Å². The molecule has 0 saturated carbocycles. The Morgan fingerprint density at radius 3 is 2.44 bits per heavy atom. The smallest absolute Gasteiger partial charge is 0.251 e. The number of aliphatic hydroxyl groups excluding tert-OH is 1. The molecule has 9 nitrogen and oxygen atoms in total. The van der Waals surface area contributed by atoms with Crippen molar-refractivity contribution >= 4 is 23.6 Å². The fraction of sp³-hybridized carbons (Fsp3) is 0.342. The van der Waals surface area contributed by atoms with Gasteiger partial charge in [-0.3, -0.25) is 9.59 Å². The van der Waals surface area contributed by atoms with Crippen molar-refractivity contribution in [3.05, 3.63) is 125 Å². The standard InChI is InChI=1S/C38H43N3O6S/c1-27(43)39-19-5-2-3-13-36(44)40-24-29-9-7-10-31(21-29)32-11-8-12-33(22-32)38-46-34(26-48-37-14-4-6-20-41(37)45)23-35(47-38)30-17-15-28(25-42)16-18-30/h4,6-12,14-18,20-22,34-35,38,42H,2-3,5,13,19,23-26H2,1H3,(H,39,43)(H,40,44)/t34-,35+,38+/m1/s1. The van der Waals surface area contributed by atoms with E-state index in [0.717, 1.165) is 57.4 Å². The van der Waals surface area contributed by atoms with E-state index in [-0.39, 0.29) is 30.6 Å². The summed E-state index contributed by atoms with van der Waals surface area (Å²) < 4.78 is 13.9.